The second-order valence-electron chi connectivity index (χ2n) is 6.12. The molecule has 0 saturated carbocycles. The van der Waals surface area contributed by atoms with Crippen LogP contribution in [0, 0.1) is 0 Å². The second-order valence-corrected chi connectivity index (χ2v) is 7.14. The summed E-state index contributed by atoms with van der Waals surface area (Å²) in [5.41, 5.74) is 0. The van der Waals surface area contributed by atoms with Gasteiger partial charge in [0.2, 0.25) is 0 Å². The summed E-state index contributed by atoms with van der Waals surface area (Å²) in [6.07, 6.45) is -16.0. The van der Waals surface area contributed by atoms with Gasteiger partial charge in [0.05, 0.1) is 0 Å². The Kier molecular flexibility index (Phi) is 7.83. The summed E-state index contributed by atoms with van der Waals surface area (Å²) in [4.78, 5) is 0. The molecule has 0 radical (unpaired) electrons. The van der Waals surface area contributed by atoms with Gasteiger partial charge in [-0.25, -0.2) is 0 Å². The van der Waals surface area contributed by atoms with Crippen LogP contribution in [-0.2, 0) is 14.6 Å². The zero-order valence-corrected chi connectivity index (χ0v) is 15.8. The molecule has 0 aromatic rings. The zero-order valence-electron chi connectivity index (χ0n) is 15.0. The van der Waals surface area contributed by atoms with Gasteiger partial charge in [0.25, 0.3) is 0 Å². The lowest BCUT2D eigenvalue weighted by atomic mass is 9.87. The van der Waals surface area contributed by atoms with Crippen LogP contribution < -0.4 is 0 Å². The molecule has 0 heterocycles. The summed E-state index contributed by atoms with van der Waals surface area (Å²) in [6.45, 7) is 0. The van der Waals surface area contributed by atoms with Gasteiger partial charge in [-0.1, -0.05) is 0 Å². The summed E-state index contributed by atoms with van der Waals surface area (Å²) in [5.74, 6) is -72.4. The van der Waals surface area contributed by atoms with Crippen LogP contribution in [0.5, 0.6) is 0 Å². The van der Waals surface area contributed by atoms with Gasteiger partial charge in [0.15, 0.2) is 0 Å². The number of hydrogen-bond donors (Lipinski definition) is 1. The van der Waals surface area contributed by atoms with Crippen molar-refractivity contribution in [2.75, 3.05) is 0 Å². The SMILES string of the molecule is O=S(=O)(O)OC(F)(F)C(F)(F)C(F)(F)C(F)(F)C(F)(F)C(F)(F)C(F)(F)C(F)(F)C(F)(F)C(F)(F)F. The average Bonchev–Trinajstić information content (AvgIpc) is 2.57. The highest BCUT2D eigenvalue weighted by Crippen LogP contribution is 2.66. The number of rotatable bonds is 10. The highest BCUT2D eigenvalue weighted by atomic mass is 32.3. The maximum Gasteiger partial charge on any atom is 0.460 e. The first-order valence-electron chi connectivity index (χ1n) is 7.11. The molecule has 0 aromatic heterocycles. The van der Waals surface area contributed by atoms with Crippen molar-refractivity contribution in [3.63, 3.8) is 0 Å². The quantitative estimate of drug-likeness (QED) is 0.240. The highest BCUT2D eigenvalue weighted by Gasteiger charge is 2.98. The van der Waals surface area contributed by atoms with Crippen LogP contribution in [0.2, 0.25) is 0 Å². The Morgan fingerprint density at radius 2 is 0.583 bits per heavy atom. The molecule has 0 amide bonds. The van der Waals surface area contributed by atoms with Gasteiger partial charge in [-0.3, -0.25) is 4.55 Å². The van der Waals surface area contributed by atoms with Crippen molar-refractivity contribution in [1.29, 1.82) is 0 Å². The van der Waals surface area contributed by atoms with E-state index >= 15 is 0 Å². The molecule has 0 aliphatic rings. The van der Waals surface area contributed by atoms with E-state index in [2.05, 4.69) is 0 Å². The molecule has 0 unspecified atom stereocenters. The zero-order chi connectivity index (χ0) is 30.2. The molecule has 36 heavy (non-hydrogen) atoms. The third-order valence-electron chi connectivity index (χ3n) is 3.69. The van der Waals surface area contributed by atoms with Crippen LogP contribution in [0.15, 0.2) is 0 Å². The lowest BCUT2D eigenvalue weighted by molar-refractivity contribution is -0.480. The maximum atomic E-state index is 13.3. The van der Waals surface area contributed by atoms with Gasteiger partial charge < -0.3 is 0 Å². The van der Waals surface area contributed by atoms with Crippen molar-refractivity contribution in [2.45, 2.75) is 59.7 Å². The van der Waals surface area contributed by atoms with Crippen LogP contribution in [0.4, 0.5) is 92.2 Å². The molecule has 218 valence electrons. The summed E-state index contributed by atoms with van der Waals surface area (Å²) >= 11 is 0. The molecule has 0 spiro atoms. The molecule has 1 N–H and O–H groups in total. The Morgan fingerprint density at radius 1 is 0.389 bits per heavy atom. The number of alkyl halides is 21. The minimum atomic E-state index is -9.37. The van der Waals surface area contributed by atoms with Crippen LogP contribution >= 0.6 is 0 Å². The normalized spacial score (nSPS) is 16.9. The summed E-state index contributed by atoms with van der Waals surface area (Å²) in [6, 6.07) is 0. The molecule has 0 aliphatic carbocycles. The molecule has 0 aromatic carbocycles. The van der Waals surface area contributed by atoms with E-state index in [9.17, 15) is 101 Å². The fourth-order valence-electron chi connectivity index (χ4n) is 1.73. The second kappa shape index (κ2) is 8.20. The van der Waals surface area contributed by atoms with Gasteiger partial charge in [-0.15, -0.1) is 0 Å². The van der Waals surface area contributed by atoms with Crippen molar-refractivity contribution < 1.29 is 109 Å². The molecule has 0 aliphatic heterocycles. The topological polar surface area (TPSA) is 63.6 Å². The molecule has 0 atom stereocenters. The largest absolute Gasteiger partial charge is 0.460 e. The standard InChI is InChI=1S/C10HF21O4S/c11-1(12,3(15,16)5(19,20)7(23,24)9(27,28)29)2(13,14)4(17,18)6(21,22)8(25,26)10(30,31)35-36(32,33)34/h(H,32,33,34). The Hall–Kier alpha value is -1.60. The molecule has 0 rings (SSSR count). The molecule has 4 nitrogen and oxygen atoms in total. The van der Waals surface area contributed by atoms with Gasteiger partial charge in [-0.2, -0.15) is 105 Å². The molecule has 0 saturated heterocycles. The smallest absolute Gasteiger partial charge is 0.263 e. The van der Waals surface area contributed by atoms with Crippen LogP contribution in [-0.4, -0.2) is 72.6 Å². The molecular weight excluding hydrogens is 615 g/mol. The highest BCUT2D eigenvalue weighted by molar-refractivity contribution is 7.80. The van der Waals surface area contributed by atoms with E-state index in [1.807, 2.05) is 0 Å². The fraction of sp³-hybridized carbons (Fsp3) is 1.00. The van der Waals surface area contributed by atoms with Gasteiger partial charge >= 0.3 is 70.1 Å². The Morgan fingerprint density at radius 3 is 0.778 bits per heavy atom. The lowest BCUT2D eigenvalue weighted by Crippen LogP contribution is -2.77. The van der Waals surface area contributed by atoms with E-state index in [4.69, 9.17) is 4.55 Å². The summed E-state index contributed by atoms with van der Waals surface area (Å²) in [5, 5.41) is 0. The third kappa shape index (κ3) is 4.38. The molecule has 0 fully saturated rings. The van der Waals surface area contributed by atoms with Gasteiger partial charge in [0, 0.05) is 0 Å². The minimum absolute atomic E-state index is 1.48. The van der Waals surface area contributed by atoms with E-state index in [1.165, 1.54) is 4.18 Å². The van der Waals surface area contributed by atoms with E-state index in [1.54, 1.807) is 0 Å². The number of hydrogen-bond acceptors (Lipinski definition) is 3. The predicted octanol–water partition coefficient (Wildman–Crippen LogP) is 6.04. The van der Waals surface area contributed by atoms with Crippen molar-refractivity contribution in [2.24, 2.45) is 0 Å². The predicted molar refractivity (Wildman–Crippen MR) is 63.2 cm³/mol. The molecule has 26 heteroatoms. The molecular formula is C10HF21O4S. The van der Waals surface area contributed by atoms with E-state index in [0.717, 1.165) is 0 Å². The average molecular weight is 616 g/mol. The fourth-order valence-corrected chi connectivity index (χ4v) is 2.10. The summed E-state index contributed by atoms with van der Waals surface area (Å²) < 4.78 is 300. The Labute approximate surface area is 180 Å². The minimum Gasteiger partial charge on any atom is -0.263 e. The summed E-state index contributed by atoms with van der Waals surface area (Å²) in [7, 11) is -7.16. The van der Waals surface area contributed by atoms with Crippen LogP contribution in [0.25, 0.3) is 0 Å². The van der Waals surface area contributed by atoms with E-state index in [0.29, 0.717) is 0 Å². The van der Waals surface area contributed by atoms with Crippen LogP contribution in [0.1, 0.15) is 0 Å². The lowest BCUT2D eigenvalue weighted by Gasteiger charge is -2.44. The first kappa shape index (κ1) is 34.4. The Bertz CT molecular complexity index is 931. The van der Waals surface area contributed by atoms with Crippen molar-refractivity contribution in [1.82, 2.24) is 0 Å². The van der Waals surface area contributed by atoms with E-state index in [-0.39, 0.29) is 0 Å². The molecule has 0 bridgehead atoms. The number of halogens is 21. The monoisotopic (exact) mass is 616 g/mol. The van der Waals surface area contributed by atoms with Crippen molar-refractivity contribution in [3.05, 3.63) is 0 Å². The van der Waals surface area contributed by atoms with Crippen molar-refractivity contribution in [3.8, 4) is 0 Å². The first-order chi connectivity index (χ1) is 15.0. The van der Waals surface area contributed by atoms with Crippen LogP contribution in [0.3, 0.4) is 0 Å². The Balaban J connectivity index is 7.11. The van der Waals surface area contributed by atoms with Gasteiger partial charge in [0.1, 0.15) is 0 Å². The first-order valence-corrected chi connectivity index (χ1v) is 8.47. The van der Waals surface area contributed by atoms with Gasteiger partial charge in [-0.05, 0) is 0 Å². The maximum absolute atomic E-state index is 13.3. The van der Waals surface area contributed by atoms with Crippen molar-refractivity contribution >= 4 is 10.4 Å². The third-order valence-corrected chi connectivity index (χ3v) is 4.11. The van der Waals surface area contributed by atoms with E-state index < -0.39 is 70.1 Å².